The van der Waals surface area contributed by atoms with E-state index in [-0.39, 0.29) is 5.75 Å². The van der Waals surface area contributed by atoms with Crippen LogP contribution in [0.25, 0.3) is 0 Å². The SMILES string of the molecule is CC.NC(=O)c1ccc(O)cc1. The number of carbonyl (C=O) groups excluding carboxylic acids is 1. The monoisotopic (exact) mass is 167 g/mol. The van der Waals surface area contributed by atoms with Gasteiger partial charge in [0.05, 0.1) is 0 Å². The molecule has 1 aromatic rings. The van der Waals surface area contributed by atoms with Crippen molar-refractivity contribution in [1.82, 2.24) is 0 Å². The fourth-order valence-electron chi connectivity index (χ4n) is 0.626. The molecule has 0 aliphatic heterocycles. The third kappa shape index (κ3) is 3.05. The number of aromatic hydroxyl groups is 1. The Labute approximate surface area is 71.8 Å². The molecule has 3 N–H and O–H groups in total. The lowest BCUT2D eigenvalue weighted by molar-refractivity contribution is 0.100. The minimum absolute atomic E-state index is 0.130. The number of carbonyl (C=O) groups is 1. The van der Waals surface area contributed by atoms with Gasteiger partial charge < -0.3 is 10.8 Å². The van der Waals surface area contributed by atoms with Crippen LogP contribution in [0.1, 0.15) is 24.2 Å². The molecule has 1 aromatic carbocycles. The number of rotatable bonds is 1. The van der Waals surface area contributed by atoms with Gasteiger partial charge in [0.25, 0.3) is 0 Å². The quantitative estimate of drug-likeness (QED) is 0.666. The number of primary amides is 1. The van der Waals surface area contributed by atoms with E-state index in [9.17, 15) is 4.79 Å². The maximum absolute atomic E-state index is 10.5. The molecule has 0 unspecified atom stereocenters. The molecule has 0 saturated carbocycles. The minimum Gasteiger partial charge on any atom is -0.508 e. The van der Waals surface area contributed by atoms with Gasteiger partial charge in [-0.15, -0.1) is 0 Å². The Hall–Kier alpha value is -1.51. The lowest BCUT2D eigenvalue weighted by Crippen LogP contribution is -2.10. The van der Waals surface area contributed by atoms with Crippen LogP contribution in [-0.2, 0) is 0 Å². The Morgan fingerprint density at radius 1 is 1.25 bits per heavy atom. The van der Waals surface area contributed by atoms with E-state index in [4.69, 9.17) is 10.8 Å². The second-order valence-electron chi connectivity index (χ2n) is 1.91. The van der Waals surface area contributed by atoms with Crippen LogP contribution in [0.3, 0.4) is 0 Å². The average molecular weight is 167 g/mol. The van der Waals surface area contributed by atoms with Crippen LogP contribution >= 0.6 is 0 Å². The largest absolute Gasteiger partial charge is 0.508 e. The van der Waals surface area contributed by atoms with Gasteiger partial charge in [0.2, 0.25) is 5.91 Å². The summed E-state index contributed by atoms with van der Waals surface area (Å²) < 4.78 is 0. The van der Waals surface area contributed by atoms with E-state index >= 15 is 0 Å². The lowest BCUT2D eigenvalue weighted by Gasteiger charge is -1.93. The number of phenolic OH excluding ortho intramolecular Hbond substituents is 1. The molecule has 0 heterocycles. The van der Waals surface area contributed by atoms with E-state index in [1.807, 2.05) is 13.8 Å². The van der Waals surface area contributed by atoms with Gasteiger partial charge >= 0.3 is 0 Å². The van der Waals surface area contributed by atoms with Crippen LogP contribution in [-0.4, -0.2) is 11.0 Å². The number of hydrogen-bond acceptors (Lipinski definition) is 2. The molecular formula is C9H13NO2. The van der Waals surface area contributed by atoms with Gasteiger partial charge in [0, 0.05) is 5.56 Å². The predicted octanol–water partition coefficient (Wildman–Crippen LogP) is 1.52. The highest BCUT2D eigenvalue weighted by molar-refractivity contribution is 5.92. The molecule has 3 heteroatoms. The predicted molar refractivity (Wildman–Crippen MR) is 48.0 cm³/mol. The highest BCUT2D eigenvalue weighted by atomic mass is 16.3. The molecule has 0 spiro atoms. The molecule has 0 radical (unpaired) electrons. The molecule has 1 rings (SSSR count). The number of benzene rings is 1. The van der Waals surface area contributed by atoms with Crippen LogP contribution in [0, 0.1) is 0 Å². The zero-order valence-electron chi connectivity index (χ0n) is 7.24. The van der Waals surface area contributed by atoms with Gasteiger partial charge in [-0.2, -0.15) is 0 Å². The Balaban J connectivity index is 0.000000561. The second kappa shape index (κ2) is 5.18. The summed E-state index contributed by atoms with van der Waals surface area (Å²) in [5.41, 5.74) is 5.34. The van der Waals surface area contributed by atoms with Gasteiger partial charge in [-0.25, -0.2) is 0 Å². The van der Waals surface area contributed by atoms with E-state index in [1.165, 1.54) is 24.3 Å². The molecule has 0 aliphatic rings. The van der Waals surface area contributed by atoms with E-state index < -0.39 is 5.91 Å². The van der Waals surface area contributed by atoms with Crippen LogP contribution in [0.4, 0.5) is 0 Å². The molecule has 1 amide bonds. The first-order valence-electron chi connectivity index (χ1n) is 3.79. The summed E-state index contributed by atoms with van der Waals surface area (Å²) in [6, 6.07) is 5.77. The zero-order valence-corrected chi connectivity index (χ0v) is 7.24. The maximum atomic E-state index is 10.5. The minimum atomic E-state index is -0.486. The van der Waals surface area contributed by atoms with E-state index in [2.05, 4.69) is 0 Å². The fourth-order valence-corrected chi connectivity index (χ4v) is 0.626. The fraction of sp³-hybridized carbons (Fsp3) is 0.222. The Morgan fingerprint density at radius 3 is 2.00 bits per heavy atom. The van der Waals surface area contributed by atoms with Gasteiger partial charge in [0.15, 0.2) is 0 Å². The topological polar surface area (TPSA) is 63.3 Å². The molecule has 0 bridgehead atoms. The molecule has 0 fully saturated rings. The summed E-state index contributed by atoms with van der Waals surface area (Å²) >= 11 is 0. The average Bonchev–Trinajstić information content (AvgIpc) is 2.09. The first-order chi connectivity index (χ1) is 5.70. The van der Waals surface area contributed by atoms with E-state index in [0.29, 0.717) is 5.56 Å². The van der Waals surface area contributed by atoms with Crippen molar-refractivity contribution in [2.75, 3.05) is 0 Å². The second-order valence-corrected chi connectivity index (χ2v) is 1.91. The van der Waals surface area contributed by atoms with Crippen LogP contribution in [0.2, 0.25) is 0 Å². The summed E-state index contributed by atoms with van der Waals surface area (Å²) in [7, 11) is 0. The van der Waals surface area contributed by atoms with Crippen molar-refractivity contribution in [2.45, 2.75) is 13.8 Å². The number of amides is 1. The molecule has 0 atom stereocenters. The summed E-state index contributed by atoms with van der Waals surface area (Å²) in [5, 5.41) is 8.79. The van der Waals surface area contributed by atoms with Gasteiger partial charge in [-0.05, 0) is 24.3 Å². The third-order valence-electron chi connectivity index (χ3n) is 1.15. The van der Waals surface area contributed by atoms with E-state index in [0.717, 1.165) is 0 Å². The standard InChI is InChI=1S/C7H7NO2.C2H6/c8-7(10)5-1-3-6(9)4-2-5;1-2/h1-4,9H,(H2,8,10);1-2H3. The van der Waals surface area contributed by atoms with Crippen molar-refractivity contribution in [3.05, 3.63) is 29.8 Å². The summed E-state index contributed by atoms with van der Waals surface area (Å²) in [4.78, 5) is 10.5. The van der Waals surface area contributed by atoms with Crippen molar-refractivity contribution >= 4 is 5.91 Å². The van der Waals surface area contributed by atoms with Crippen molar-refractivity contribution in [3.8, 4) is 5.75 Å². The van der Waals surface area contributed by atoms with Crippen molar-refractivity contribution in [2.24, 2.45) is 5.73 Å². The van der Waals surface area contributed by atoms with E-state index in [1.54, 1.807) is 0 Å². The van der Waals surface area contributed by atoms with Crippen LogP contribution < -0.4 is 5.73 Å². The van der Waals surface area contributed by atoms with Crippen LogP contribution in [0.5, 0.6) is 5.75 Å². The highest BCUT2D eigenvalue weighted by Crippen LogP contribution is 2.08. The summed E-state index contributed by atoms with van der Waals surface area (Å²) in [6.45, 7) is 4.00. The molecular weight excluding hydrogens is 154 g/mol. The Bertz CT molecular complexity index is 241. The van der Waals surface area contributed by atoms with Crippen molar-refractivity contribution in [3.63, 3.8) is 0 Å². The summed E-state index contributed by atoms with van der Waals surface area (Å²) in [5.74, 6) is -0.356. The lowest BCUT2D eigenvalue weighted by atomic mass is 10.2. The zero-order chi connectivity index (χ0) is 9.56. The molecule has 3 nitrogen and oxygen atoms in total. The van der Waals surface area contributed by atoms with Gasteiger partial charge in [0.1, 0.15) is 5.75 Å². The number of nitrogens with two attached hydrogens (primary N) is 1. The smallest absolute Gasteiger partial charge is 0.248 e. The first-order valence-corrected chi connectivity index (χ1v) is 3.79. The van der Waals surface area contributed by atoms with Gasteiger partial charge in [-0.1, -0.05) is 13.8 Å². The van der Waals surface area contributed by atoms with Crippen LogP contribution in [0.15, 0.2) is 24.3 Å². The molecule has 0 aromatic heterocycles. The molecule has 12 heavy (non-hydrogen) atoms. The Morgan fingerprint density at radius 2 is 1.67 bits per heavy atom. The van der Waals surface area contributed by atoms with Crippen molar-refractivity contribution < 1.29 is 9.90 Å². The van der Waals surface area contributed by atoms with Crippen molar-refractivity contribution in [1.29, 1.82) is 0 Å². The first kappa shape index (κ1) is 10.5. The highest BCUT2D eigenvalue weighted by Gasteiger charge is 1.96. The molecule has 0 aliphatic carbocycles. The van der Waals surface area contributed by atoms with Gasteiger partial charge in [-0.3, -0.25) is 4.79 Å². The third-order valence-corrected chi connectivity index (χ3v) is 1.15. The molecule has 66 valence electrons. The summed E-state index contributed by atoms with van der Waals surface area (Å²) in [6.07, 6.45) is 0. The maximum Gasteiger partial charge on any atom is 0.248 e. The Kier molecular flexibility index (Phi) is 4.53. The normalized spacial score (nSPS) is 8.17. The molecule has 0 saturated heterocycles. The number of hydrogen-bond donors (Lipinski definition) is 2. The number of phenols is 1.